The summed E-state index contributed by atoms with van der Waals surface area (Å²) in [6.45, 7) is 6.07. The van der Waals surface area contributed by atoms with E-state index in [-0.39, 0.29) is 18.0 Å². The molecule has 25 heavy (non-hydrogen) atoms. The van der Waals surface area contributed by atoms with Gasteiger partial charge in [-0.1, -0.05) is 12.1 Å². The molecule has 0 aliphatic carbocycles. The number of benzene rings is 1. The van der Waals surface area contributed by atoms with E-state index < -0.39 is 11.7 Å². The molecule has 0 saturated carbocycles. The third-order valence-corrected chi connectivity index (χ3v) is 3.20. The maximum atomic E-state index is 12.6. The van der Waals surface area contributed by atoms with E-state index in [2.05, 4.69) is 15.6 Å². The molecule has 0 aliphatic heterocycles. The van der Waals surface area contributed by atoms with Gasteiger partial charge in [0.05, 0.1) is 12.1 Å². The van der Waals surface area contributed by atoms with Crippen LogP contribution in [0.4, 0.5) is 13.2 Å². The SMILES string of the molecule is CN=C(NCC(=O)NC(C)(C)C)N(C)Cc1ccc(C(F)(F)F)cc1. The van der Waals surface area contributed by atoms with Gasteiger partial charge in [0.15, 0.2) is 5.96 Å². The van der Waals surface area contributed by atoms with Crippen LogP contribution in [0.2, 0.25) is 0 Å². The number of hydrogen-bond acceptors (Lipinski definition) is 2. The number of rotatable bonds is 4. The largest absolute Gasteiger partial charge is 0.416 e. The van der Waals surface area contributed by atoms with E-state index in [0.717, 1.165) is 12.1 Å². The van der Waals surface area contributed by atoms with Crippen LogP contribution >= 0.6 is 0 Å². The summed E-state index contributed by atoms with van der Waals surface area (Å²) < 4.78 is 37.7. The van der Waals surface area contributed by atoms with Crippen LogP contribution in [-0.4, -0.2) is 42.9 Å². The van der Waals surface area contributed by atoms with E-state index >= 15 is 0 Å². The Morgan fingerprint density at radius 1 is 1.16 bits per heavy atom. The van der Waals surface area contributed by atoms with Gasteiger partial charge in [0.1, 0.15) is 0 Å². The van der Waals surface area contributed by atoms with Crippen LogP contribution in [0, 0.1) is 0 Å². The molecule has 1 rings (SSSR count). The Kier molecular flexibility index (Phi) is 6.84. The Morgan fingerprint density at radius 3 is 2.16 bits per heavy atom. The number of amides is 1. The average molecular weight is 358 g/mol. The van der Waals surface area contributed by atoms with Crippen LogP contribution < -0.4 is 10.6 Å². The molecule has 2 N–H and O–H groups in total. The monoisotopic (exact) mass is 358 g/mol. The molecule has 1 amide bonds. The Hall–Kier alpha value is -2.25. The quantitative estimate of drug-likeness (QED) is 0.643. The third kappa shape index (κ3) is 7.45. The minimum Gasteiger partial charge on any atom is -0.350 e. The van der Waals surface area contributed by atoms with Crippen LogP contribution in [0.15, 0.2) is 29.3 Å². The lowest BCUT2D eigenvalue weighted by atomic mass is 10.1. The zero-order chi connectivity index (χ0) is 19.3. The Morgan fingerprint density at radius 2 is 1.72 bits per heavy atom. The molecule has 8 heteroatoms. The number of aliphatic imine (C=N–C) groups is 1. The van der Waals surface area contributed by atoms with Gasteiger partial charge in [-0.3, -0.25) is 9.79 Å². The molecule has 0 spiro atoms. The fourth-order valence-corrected chi connectivity index (χ4v) is 2.15. The first-order chi connectivity index (χ1) is 11.4. The molecule has 0 bridgehead atoms. The van der Waals surface area contributed by atoms with Crippen molar-refractivity contribution in [3.8, 4) is 0 Å². The highest BCUT2D eigenvalue weighted by atomic mass is 19.4. The summed E-state index contributed by atoms with van der Waals surface area (Å²) in [6.07, 6.45) is -4.34. The first kappa shape index (κ1) is 20.8. The second-order valence-corrected chi connectivity index (χ2v) is 6.75. The molecule has 0 radical (unpaired) electrons. The molecule has 140 valence electrons. The summed E-state index contributed by atoms with van der Waals surface area (Å²) in [7, 11) is 3.32. The van der Waals surface area contributed by atoms with Gasteiger partial charge in [-0.25, -0.2) is 0 Å². The number of nitrogens with one attached hydrogen (secondary N) is 2. The van der Waals surface area contributed by atoms with Crippen molar-refractivity contribution in [2.75, 3.05) is 20.6 Å². The van der Waals surface area contributed by atoms with Gasteiger partial charge in [-0.2, -0.15) is 13.2 Å². The molecule has 0 aliphatic rings. The number of hydrogen-bond donors (Lipinski definition) is 2. The van der Waals surface area contributed by atoms with Crippen molar-refractivity contribution in [3.63, 3.8) is 0 Å². The first-order valence-electron chi connectivity index (χ1n) is 7.81. The second-order valence-electron chi connectivity index (χ2n) is 6.75. The van der Waals surface area contributed by atoms with Crippen molar-refractivity contribution in [3.05, 3.63) is 35.4 Å². The maximum Gasteiger partial charge on any atom is 0.416 e. The highest BCUT2D eigenvalue weighted by Crippen LogP contribution is 2.29. The standard InChI is InChI=1S/C17H25F3N4O/c1-16(2,3)23-14(25)10-22-15(21-4)24(5)11-12-6-8-13(9-7-12)17(18,19)20/h6-9H,10-11H2,1-5H3,(H,21,22)(H,23,25). The summed E-state index contributed by atoms with van der Waals surface area (Å²) in [6, 6.07) is 4.96. The number of alkyl halides is 3. The lowest BCUT2D eigenvalue weighted by Crippen LogP contribution is -2.48. The molecule has 5 nitrogen and oxygen atoms in total. The van der Waals surface area contributed by atoms with Gasteiger partial charge >= 0.3 is 6.18 Å². The van der Waals surface area contributed by atoms with Crippen LogP contribution in [0.25, 0.3) is 0 Å². The number of halogens is 3. The van der Waals surface area contributed by atoms with Crippen molar-refractivity contribution in [1.29, 1.82) is 0 Å². The number of carbonyl (C=O) groups is 1. The Bertz CT molecular complexity index is 604. The summed E-state index contributed by atoms with van der Waals surface area (Å²) in [5.41, 5.74) is -0.299. The highest BCUT2D eigenvalue weighted by molar-refractivity contribution is 5.86. The predicted molar refractivity (Wildman–Crippen MR) is 92.2 cm³/mol. The van der Waals surface area contributed by atoms with Gasteiger partial charge in [-0.05, 0) is 38.5 Å². The maximum absolute atomic E-state index is 12.6. The zero-order valence-electron chi connectivity index (χ0n) is 15.2. The fourth-order valence-electron chi connectivity index (χ4n) is 2.15. The van der Waals surface area contributed by atoms with Crippen molar-refractivity contribution in [2.45, 2.75) is 39.0 Å². The molecular weight excluding hydrogens is 333 g/mol. The van der Waals surface area contributed by atoms with Crippen LogP contribution in [0.3, 0.4) is 0 Å². The van der Waals surface area contributed by atoms with Gasteiger partial charge in [-0.15, -0.1) is 0 Å². The van der Waals surface area contributed by atoms with Crippen LogP contribution in [0.1, 0.15) is 31.9 Å². The van der Waals surface area contributed by atoms with Gasteiger partial charge in [0, 0.05) is 26.2 Å². The summed E-state index contributed by atoms with van der Waals surface area (Å²) in [5, 5.41) is 5.76. The zero-order valence-corrected chi connectivity index (χ0v) is 15.2. The van der Waals surface area contributed by atoms with E-state index in [1.165, 1.54) is 12.1 Å². The van der Waals surface area contributed by atoms with E-state index in [0.29, 0.717) is 18.1 Å². The third-order valence-electron chi connectivity index (χ3n) is 3.20. The van der Waals surface area contributed by atoms with Crippen LogP contribution in [-0.2, 0) is 17.5 Å². The van der Waals surface area contributed by atoms with Crippen molar-refractivity contribution in [1.82, 2.24) is 15.5 Å². The molecule has 0 atom stereocenters. The second kappa shape index (κ2) is 8.22. The Balaban J connectivity index is 2.62. The summed E-state index contributed by atoms with van der Waals surface area (Å²) in [5.74, 6) is 0.306. The van der Waals surface area contributed by atoms with E-state index in [9.17, 15) is 18.0 Å². The van der Waals surface area contributed by atoms with Gasteiger partial charge in [0.25, 0.3) is 0 Å². The van der Waals surface area contributed by atoms with E-state index in [4.69, 9.17) is 0 Å². The van der Waals surface area contributed by atoms with Crippen LogP contribution in [0.5, 0.6) is 0 Å². The highest BCUT2D eigenvalue weighted by Gasteiger charge is 2.29. The molecule has 1 aromatic carbocycles. The summed E-state index contributed by atoms with van der Waals surface area (Å²) in [4.78, 5) is 17.6. The van der Waals surface area contributed by atoms with Gasteiger partial charge < -0.3 is 15.5 Å². The smallest absolute Gasteiger partial charge is 0.350 e. The number of nitrogens with zero attached hydrogens (tertiary/aromatic N) is 2. The van der Waals surface area contributed by atoms with Crippen molar-refractivity contribution in [2.24, 2.45) is 4.99 Å². The minimum absolute atomic E-state index is 0.0568. The average Bonchev–Trinajstić information content (AvgIpc) is 2.45. The van der Waals surface area contributed by atoms with Crippen molar-refractivity contribution >= 4 is 11.9 Å². The predicted octanol–water partition coefficient (Wildman–Crippen LogP) is 2.63. The van der Waals surface area contributed by atoms with Gasteiger partial charge in [0.2, 0.25) is 5.91 Å². The lowest BCUT2D eigenvalue weighted by molar-refractivity contribution is -0.137. The number of guanidine groups is 1. The molecule has 0 fully saturated rings. The fraction of sp³-hybridized carbons (Fsp3) is 0.529. The lowest BCUT2D eigenvalue weighted by Gasteiger charge is -2.24. The molecule has 1 aromatic rings. The van der Waals surface area contributed by atoms with Crippen molar-refractivity contribution < 1.29 is 18.0 Å². The molecule has 0 saturated heterocycles. The molecule has 0 unspecified atom stereocenters. The molecular formula is C17H25F3N4O. The summed E-state index contributed by atoms with van der Waals surface area (Å²) >= 11 is 0. The Labute approximate surface area is 146 Å². The topological polar surface area (TPSA) is 56.7 Å². The first-order valence-corrected chi connectivity index (χ1v) is 7.81. The molecule has 0 heterocycles. The van der Waals surface area contributed by atoms with E-state index in [1.807, 2.05) is 20.8 Å². The minimum atomic E-state index is -4.34. The molecule has 0 aromatic heterocycles. The number of carbonyl (C=O) groups excluding carboxylic acids is 1. The van der Waals surface area contributed by atoms with E-state index in [1.54, 1.807) is 19.0 Å². The normalized spacial score (nSPS) is 12.7.